The van der Waals surface area contributed by atoms with Crippen molar-refractivity contribution in [3.63, 3.8) is 0 Å². The number of aryl methyl sites for hydroxylation is 2. The lowest BCUT2D eigenvalue weighted by Crippen LogP contribution is -2.01. The maximum Gasteiger partial charge on any atom is 0.307 e. The predicted octanol–water partition coefficient (Wildman–Crippen LogP) is 6.32. The van der Waals surface area contributed by atoms with Gasteiger partial charge in [0.2, 0.25) is 0 Å². The Morgan fingerprint density at radius 2 is 1.62 bits per heavy atom. The number of carboxylic acid groups (broad SMARTS) is 2. The van der Waals surface area contributed by atoms with Crippen LogP contribution in [-0.2, 0) is 29.0 Å². The van der Waals surface area contributed by atoms with Crippen LogP contribution in [0.2, 0.25) is 0 Å². The maximum absolute atomic E-state index is 11.5. The number of aliphatic carboxylic acids is 2. The minimum absolute atomic E-state index is 0.0697. The quantitative estimate of drug-likeness (QED) is 0.167. The number of nitrogens with zero attached hydrogens (tertiary/aromatic N) is 1. The van der Waals surface area contributed by atoms with Crippen LogP contribution in [0.5, 0.6) is 5.75 Å². The molecule has 0 radical (unpaired) electrons. The van der Waals surface area contributed by atoms with Crippen molar-refractivity contribution in [3.8, 4) is 5.75 Å². The van der Waals surface area contributed by atoms with Crippen molar-refractivity contribution < 1.29 is 24.5 Å². The third-order valence-electron chi connectivity index (χ3n) is 6.21. The SMILES string of the molecule is O=C(O)CCCn1cc(CC(=O)O)c2c(/C=C/c3ccc(OCCCc4ccccc4)cc3)cccc21. The number of rotatable bonds is 13. The number of ether oxygens (including phenoxy) is 1. The lowest BCUT2D eigenvalue weighted by Gasteiger charge is -2.07. The molecule has 0 amide bonds. The minimum Gasteiger partial charge on any atom is -0.494 e. The smallest absolute Gasteiger partial charge is 0.307 e. The largest absolute Gasteiger partial charge is 0.494 e. The summed E-state index contributed by atoms with van der Waals surface area (Å²) in [5.74, 6) is -0.910. The molecule has 6 nitrogen and oxygen atoms in total. The molecule has 37 heavy (non-hydrogen) atoms. The summed E-state index contributed by atoms with van der Waals surface area (Å²) in [4.78, 5) is 22.4. The summed E-state index contributed by atoms with van der Waals surface area (Å²) in [6.45, 7) is 1.17. The topological polar surface area (TPSA) is 88.8 Å². The monoisotopic (exact) mass is 497 g/mol. The normalized spacial score (nSPS) is 11.2. The zero-order valence-corrected chi connectivity index (χ0v) is 20.7. The van der Waals surface area contributed by atoms with E-state index < -0.39 is 11.9 Å². The lowest BCUT2D eigenvalue weighted by atomic mass is 10.0. The van der Waals surface area contributed by atoms with Crippen molar-refractivity contribution in [2.45, 2.75) is 38.6 Å². The molecule has 0 unspecified atom stereocenters. The number of hydrogen-bond donors (Lipinski definition) is 2. The summed E-state index contributed by atoms with van der Waals surface area (Å²) in [5, 5.41) is 19.3. The Kier molecular flexibility index (Phi) is 8.76. The van der Waals surface area contributed by atoms with Crippen LogP contribution in [0, 0.1) is 0 Å². The zero-order chi connectivity index (χ0) is 26.0. The first-order valence-corrected chi connectivity index (χ1v) is 12.5. The summed E-state index contributed by atoms with van der Waals surface area (Å²) < 4.78 is 7.84. The number of carboxylic acids is 2. The predicted molar refractivity (Wildman–Crippen MR) is 146 cm³/mol. The van der Waals surface area contributed by atoms with Crippen molar-refractivity contribution in [2.75, 3.05) is 6.61 Å². The first kappa shape index (κ1) is 25.8. The summed E-state index contributed by atoms with van der Waals surface area (Å²) >= 11 is 0. The molecule has 4 aromatic rings. The van der Waals surface area contributed by atoms with Crippen LogP contribution in [0.15, 0.2) is 79.0 Å². The number of aromatic nitrogens is 1. The molecule has 3 aromatic carbocycles. The Bertz CT molecular complexity index is 1370. The van der Waals surface area contributed by atoms with Crippen molar-refractivity contribution in [1.29, 1.82) is 0 Å². The van der Waals surface area contributed by atoms with Gasteiger partial charge in [0, 0.05) is 30.1 Å². The second-order valence-electron chi connectivity index (χ2n) is 9.00. The highest BCUT2D eigenvalue weighted by Crippen LogP contribution is 2.28. The van der Waals surface area contributed by atoms with E-state index in [9.17, 15) is 14.7 Å². The van der Waals surface area contributed by atoms with E-state index in [2.05, 4.69) is 12.1 Å². The Labute approximate surface area is 216 Å². The molecule has 2 N–H and O–H groups in total. The first-order valence-electron chi connectivity index (χ1n) is 12.5. The van der Waals surface area contributed by atoms with E-state index in [1.165, 1.54) is 5.56 Å². The van der Waals surface area contributed by atoms with Gasteiger partial charge in [-0.3, -0.25) is 9.59 Å². The molecule has 0 aliphatic carbocycles. The van der Waals surface area contributed by atoms with Gasteiger partial charge in [-0.25, -0.2) is 0 Å². The molecule has 0 saturated heterocycles. The Hall–Kier alpha value is -4.32. The van der Waals surface area contributed by atoms with Gasteiger partial charge in [-0.15, -0.1) is 0 Å². The number of fused-ring (bicyclic) bond motifs is 1. The highest BCUT2D eigenvalue weighted by molar-refractivity contribution is 5.96. The molecular formula is C31H31NO5. The van der Waals surface area contributed by atoms with Crippen molar-refractivity contribution in [3.05, 3.63) is 101 Å². The van der Waals surface area contributed by atoms with Crippen LogP contribution >= 0.6 is 0 Å². The van der Waals surface area contributed by atoms with Crippen LogP contribution < -0.4 is 4.74 Å². The molecule has 4 rings (SSSR count). The van der Waals surface area contributed by atoms with Gasteiger partial charge in [0.15, 0.2) is 0 Å². The molecule has 1 heterocycles. The fourth-order valence-electron chi connectivity index (χ4n) is 4.46. The van der Waals surface area contributed by atoms with Crippen molar-refractivity contribution in [1.82, 2.24) is 4.57 Å². The van der Waals surface area contributed by atoms with Crippen LogP contribution in [0.25, 0.3) is 23.1 Å². The van der Waals surface area contributed by atoms with Crippen LogP contribution in [0.4, 0.5) is 0 Å². The maximum atomic E-state index is 11.5. The molecule has 6 heteroatoms. The molecule has 190 valence electrons. The van der Waals surface area contributed by atoms with Gasteiger partial charge in [0.05, 0.1) is 13.0 Å². The molecule has 0 fully saturated rings. The van der Waals surface area contributed by atoms with E-state index in [1.54, 1.807) is 0 Å². The molecule has 0 atom stereocenters. The Morgan fingerprint density at radius 3 is 2.35 bits per heavy atom. The first-order chi connectivity index (χ1) is 18.0. The van der Waals surface area contributed by atoms with Gasteiger partial charge >= 0.3 is 11.9 Å². The number of carbonyl (C=O) groups is 2. The molecule has 0 aliphatic heterocycles. The second kappa shape index (κ2) is 12.6. The van der Waals surface area contributed by atoms with Gasteiger partial charge in [0.25, 0.3) is 0 Å². The van der Waals surface area contributed by atoms with E-state index >= 15 is 0 Å². The zero-order valence-electron chi connectivity index (χ0n) is 20.7. The van der Waals surface area contributed by atoms with Gasteiger partial charge in [-0.1, -0.05) is 66.7 Å². The summed E-state index contributed by atoms with van der Waals surface area (Å²) in [6, 6.07) is 24.1. The number of hydrogen-bond acceptors (Lipinski definition) is 3. The van der Waals surface area contributed by atoms with Crippen molar-refractivity contribution in [2.24, 2.45) is 0 Å². The van der Waals surface area contributed by atoms with Gasteiger partial charge in [-0.05, 0) is 59.7 Å². The number of benzene rings is 3. The minimum atomic E-state index is -0.900. The third-order valence-corrected chi connectivity index (χ3v) is 6.21. The molecule has 1 aromatic heterocycles. The lowest BCUT2D eigenvalue weighted by molar-refractivity contribution is -0.137. The molecule has 0 spiro atoms. The van der Waals surface area contributed by atoms with Gasteiger partial charge in [0.1, 0.15) is 5.75 Å². The average molecular weight is 498 g/mol. The van der Waals surface area contributed by atoms with E-state index in [4.69, 9.17) is 9.84 Å². The fourth-order valence-corrected chi connectivity index (χ4v) is 4.46. The van der Waals surface area contributed by atoms with Gasteiger partial charge < -0.3 is 19.5 Å². The van der Waals surface area contributed by atoms with E-state index in [0.717, 1.165) is 46.2 Å². The highest BCUT2D eigenvalue weighted by Gasteiger charge is 2.14. The summed E-state index contributed by atoms with van der Waals surface area (Å²) in [5.41, 5.74) is 4.87. The van der Waals surface area contributed by atoms with Crippen LogP contribution in [0.1, 0.15) is 41.5 Å². The van der Waals surface area contributed by atoms with Crippen LogP contribution in [0.3, 0.4) is 0 Å². The Balaban J connectivity index is 1.44. The second-order valence-corrected chi connectivity index (χ2v) is 9.00. The van der Waals surface area contributed by atoms with E-state index in [1.807, 2.05) is 83.6 Å². The Morgan fingerprint density at radius 1 is 0.838 bits per heavy atom. The summed E-state index contributed by atoms with van der Waals surface area (Å²) in [7, 11) is 0. The fraction of sp³-hybridized carbons (Fsp3) is 0.226. The summed E-state index contributed by atoms with van der Waals surface area (Å²) in [6.07, 6.45) is 8.21. The standard InChI is InChI=1S/C31H31NO5/c33-29(34)12-5-19-32-22-26(21-30(35)36)31-25(10-4-11-28(31)32)16-13-24-14-17-27(18-15-24)37-20-6-9-23-7-2-1-3-8-23/h1-4,7-8,10-11,13-18,22H,5-6,9,12,19-21H2,(H,33,34)(H,35,36)/b16-13+. The molecule has 0 saturated carbocycles. The van der Waals surface area contributed by atoms with Crippen LogP contribution in [-0.4, -0.2) is 33.3 Å². The average Bonchev–Trinajstić information content (AvgIpc) is 3.23. The van der Waals surface area contributed by atoms with E-state index in [0.29, 0.717) is 19.6 Å². The van der Waals surface area contributed by atoms with Crippen molar-refractivity contribution >= 4 is 35.0 Å². The molecule has 0 bridgehead atoms. The molecular weight excluding hydrogens is 466 g/mol. The third kappa shape index (κ3) is 7.34. The van der Waals surface area contributed by atoms with Gasteiger partial charge in [-0.2, -0.15) is 0 Å². The molecule has 0 aliphatic rings. The van der Waals surface area contributed by atoms with E-state index in [-0.39, 0.29) is 12.8 Å². The highest BCUT2D eigenvalue weighted by atomic mass is 16.5.